The zero-order valence-corrected chi connectivity index (χ0v) is 23.6. The minimum Gasteiger partial charge on any atom is -0.489 e. The van der Waals surface area contributed by atoms with Crippen molar-refractivity contribution in [3.05, 3.63) is 144 Å². The van der Waals surface area contributed by atoms with Gasteiger partial charge in [-0.2, -0.15) is 0 Å². The summed E-state index contributed by atoms with van der Waals surface area (Å²) in [6, 6.07) is 37.1. The first-order valence-corrected chi connectivity index (χ1v) is 15.0. The molecule has 7 nitrogen and oxygen atoms in total. The van der Waals surface area contributed by atoms with Crippen molar-refractivity contribution in [2.45, 2.75) is 24.0 Å². The summed E-state index contributed by atoms with van der Waals surface area (Å²) in [5.74, 6) is -0.301. The molecule has 0 saturated carbocycles. The molecule has 0 fully saturated rings. The summed E-state index contributed by atoms with van der Waals surface area (Å²) in [5.41, 5.74) is 2.21. The van der Waals surface area contributed by atoms with E-state index in [2.05, 4.69) is 34.3 Å². The molecule has 42 heavy (non-hydrogen) atoms. The number of Topliss-reactive ketones (excluding diaryl/α,β-unsaturated/α-hetero) is 1. The minimum atomic E-state index is -3.88. The standard InChI is InChI=1S/C34H30N2O5S/c37-33(23-35-42(39,40)31-13-5-2-6-14-31)32(22-25-9-3-1-4-10-25)36-34(38)28-17-19-30(20-18-28)41-24-26-15-16-27-11-7-8-12-29(27)21-26/h1-21,32,35H,22-24H2,(H,36,38)/t32-/m0/s1. The molecule has 1 atom stereocenters. The first-order chi connectivity index (χ1) is 20.4. The maximum absolute atomic E-state index is 13.2. The first kappa shape index (κ1) is 28.7. The van der Waals surface area contributed by atoms with Crippen LogP contribution in [0.3, 0.4) is 0 Å². The monoisotopic (exact) mass is 578 g/mol. The second kappa shape index (κ2) is 13.2. The molecule has 0 spiro atoms. The first-order valence-electron chi connectivity index (χ1n) is 13.5. The average Bonchev–Trinajstić information content (AvgIpc) is 3.03. The lowest BCUT2D eigenvalue weighted by Crippen LogP contribution is -2.46. The zero-order valence-electron chi connectivity index (χ0n) is 22.8. The molecule has 212 valence electrons. The van der Waals surface area contributed by atoms with Gasteiger partial charge in [-0.1, -0.05) is 84.9 Å². The van der Waals surface area contributed by atoms with Crippen molar-refractivity contribution >= 4 is 32.5 Å². The fourth-order valence-corrected chi connectivity index (χ4v) is 5.52. The molecular weight excluding hydrogens is 548 g/mol. The van der Waals surface area contributed by atoms with Gasteiger partial charge in [0.25, 0.3) is 5.91 Å². The Morgan fingerprint density at radius 2 is 1.33 bits per heavy atom. The van der Waals surface area contributed by atoms with E-state index in [0.29, 0.717) is 17.9 Å². The normalized spacial score (nSPS) is 12.0. The summed E-state index contributed by atoms with van der Waals surface area (Å²) in [4.78, 5) is 26.4. The molecule has 5 aromatic carbocycles. The third kappa shape index (κ3) is 7.48. The van der Waals surface area contributed by atoms with E-state index in [1.165, 1.54) is 12.1 Å². The molecule has 5 aromatic rings. The number of benzene rings is 5. The van der Waals surface area contributed by atoms with Crippen molar-refractivity contribution in [3.8, 4) is 5.75 Å². The van der Waals surface area contributed by atoms with Gasteiger partial charge < -0.3 is 10.1 Å². The smallest absolute Gasteiger partial charge is 0.251 e. The van der Waals surface area contributed by atoms with E-state index in [1.807, 2.05) is 48.5 Å². The number of ether oxygens (including phenoxy) is 1. The van der Waals surface area contributed by atoms with Gasteiger partial charge >= 0.3 is 0 Å². The average molecular weight is 579 g/mol. The summed E-state index contributed by atoms with van der Waals surface area (Å²) in [6.45, 7) is -0.0839. The molecule has 0 aromatic heterocycles. The largest absolute Gasteiger partial charge is 0.489 e. The van der Waals surface area contributed by atoms with Gasteiger partial charge in [0.2, 0.25) is 10.0 Å². The van der Waals surface area contributed by atoms with Gasteiger partial charge in [0.15, 0.2) is 5.78 Å². The number of sulfonamides is 1. The Morgan fingerprint density at radius 3 is 2.05 bits per heavy atom. The fraction of sp³-hybridized carbons (Fsp3) is 0.118. The van der Waals surface area contributed by atoms with Gasteiger partial charge in [-0.05, 0) is 70.8 Å². The Bertz CT molecular complexity index is 1770. The van der Waals surface area contributed by atoms with Gasteiger partial charge in [-0.15, -0.1) is 0 Å². The second-order valence-electron chi connectivity index (χ2n) is 9.81. The van der Waals surface area contributed by atoms with Crippen molar-refractivity contribution in [1.29, 1.82) is 0 Å². The molecule has 0 aliphatic rings. The van der Waals surface area contributed by atoms with Gasteiger partial charge in [0.05, 0.1) is 17.5 Å². The van der Waals surface area contributed by atoms with Crippen LogP contribution in [0, 0.1) is 0 Å². The van der Waals surface area contributed by atoms with E-state index < -0.39 is 34.3 Å². The van der Waals surface area contributed by atoms with E-state index in [0.717, 1.165) is 21.9 Å². The molecule has 0 unspecified atom stereocenters. The summed E-state index contributed by atoms with van der Waals surface area (Å²) < 4.78 is 33.5. The summed E-state index contributed by atoms with van der Waals surface area (Å²) in [5, 5.41) is 5.09. The highest BCUT2D eigenvalue weighted by molar-refractivity contribution is 7.89. The number of ketones is 1. The molecule has 0 aliphatic heterocycles. The lowest BCUT2D eigenvalue weighted by molar-refractivity contribution is -0.119. The Kier molecular flexibility index (Phi) is 9.06. The van der Waals surface area contributed by atoms with Gasteiger partial charge in [0, 0.05) is 5.56 Å². The van der Waals surface area contributed by atoms with Crippen LogP contribution in [0.15, 0.2) is 132 Å². The van der Waals surface area contributed by atoms with Crippen LogP contribution in [0.1, 0.15) is 21.5 Å². The van der Waals surface area contributed by atoms with E-state index in [4.69, 9.17) is 4.74 Å². The highest BCUT2D eigenvalue weighted by Crippen LogP contribution is 2.19. The van der Waals surface area contributed by atoms with Crippen LogP contribution >= 0.6 is 0 Å². The lowest BCUT2D eigenvalue weighted by atomic mass is 10.0. The SMILES string of the molecule is O=C(N[C@@H](Cc1ccccc1)C(=O)CNS(=O)(=O)c1ccccc1)c1ccc(OCc2ccc3ccccc3c2)cc1. The predicted molar refractivity (Wildman–Crippen MR) is 163 cm³/mol. The highest BCUT2D eigenvalue weighted by Gasteiger charge is 2.24. The molecular formula is C34H30N2O5S. The van der Waals surface area contributed by atoms with E-state index in [-0.39, 0.29) is 11.3 Å². The molecule has 0 heterocycles. The molecule has 0 radical (unpaired) electrons. The van der Waals surface area contributed by atoms with Gasteiger partial charge in [0.1, 0.15) is 12.4 Å². The van der Waals surface area contributed by atoms with Crippen molar-refractivity contribution in [2.75, 3.05) is 6.54 Å². The van der Waals surface area contributed by atoms with Crippen LogP contribution in [0.4, 0.5) is 0 Å². The van der Waals surface area contributed by atoms with Crippen LogP contribution in [0.2, 0.25) is 0 Å². The zero-order chi connectivity index (χ0) is 29.4. The Morgan fingerprint density at radius 1 is 0.690 bits per heavy atom. The van der Waals surface area contributed by atoms with Crippen LogP contribution in [-0.4, -0.2) is 32.7 Å². The lowest BCUT2D eigenvalue weighted by Gasteiger charge is -2.19. The van der Waals surface area contributed by atoms with E-state index in [9.17, 15) is 18.0 Å². The minimum absolute atomic E-state index is 0.0596. The summed E-state index contributed by atoms with van der Waals surface area (Å²) in [7, 11) is -3.88. The molecule has 5 rings (SSSR count). The van der Waals surface area contributed by atoms with Crippen LogP contribution < -0.4 is 14.8 Å². The quantitative estimate of drug-likeness (QED) is 0.209. The number of carbonyl (C=O) groups is 2. The molecule has 0 bridgehead atoms. The number of amides is 1. The van der Waals surface area contributed by atoms with Crippen molar-refractivity contribution < 1.29 is 22.7 Å². The molecule has 0 saturated heterocycles. The second-order valence-corrected chi connectivity index (χ2v) is 11.6. The van der Waals surface area contributed by atoms with Crippen LogP contribution in [0.5, 0.6) is 5.75 Å². The van der Waals surface area contributed by atoms with E-state index in [1.54, 1.807) is 42.5 Å². The Hall–Kier alpha value is -4.79. The Labute approximate surface area is 245 Å². The number of carbonyl (C=O) groups excluding carboxylic acids is 2. The van der Waals surface area contributed by atoms with Crippen LogP contribution in [0.25, 0.3) is 10.8 Å². The highest BCUT2D eigenvalue weighted by atomic mass is 32.2. The number of rotatable bonds is 12. The third-order valence-electron chi connectivity index (χ3n) is 6.80. The third-order valence-corrected chi connectivity index (χ3v) is 8.22. The molecule has 0 aliphatic carbocycles. The van der Waals surface area contributed by atoms with Crippen molar-refractivity contribution in [2.24, 2.45) is 0 Å². The maximum atomic E-state index is 13.2. The molecule has 8 heteroatoms. The predicted octanol–water partition coefficient (Wildman–Crippen LogP) is 5.31. The number of nitrogens with one attached hydrogen (secondary N) is 2. The van der Waals surface area contributed by atoms with Crippen molar-refractivity contribution in [3.63, 3.8) is 0 Å². The van der Waals surface area contributed by atoms with Gasteiger partial charge in [-0.25, -0.2) is 13.1 Å². The fourth-order valence-electron chi connectivity index (χ4n) is 4.51. The van der Waals surface area contributed by atoms with E-state index >= 15 is 0 Å². The number of hydrogen-bond donors (Lipinski definition) is 2. The van der Waals surface area contributed by atoms with Crippen molar-refractivity contribution in [1.82, 2.24) is 10.0 Å². The Balaban J connectivity index is 1.23. The topological polar surface area (TPSA) is 102 Å². The number of fused-ring (bicyclic) bond motifs is 1. The van der Waals surface area contributed by atoms with Crippen LogP contribution in [-0.2, 0) is 27.8 Å². The maximum Gasteiger partial charge on any atom is 0.251 e. The summed E-state index contributed by atoms with van der Waals surface area (Å²) >= 11 is 0. The van der Waals surface area contributed by atoms with Gasteiger partial charge in [-0.3, -0.25) is 9.59 Å². The molecule has 2 N–H and O–H groups in total. The number of hydrogen-bond acceptors (Lipinski definition) is 5. The summed E-state index contributed by atoms with van der Waals surface area (Å²) in [6.07, 6.45) is 0.214. The molecule has 1 amide bonds.